The third kappa shape index (κ3) is 4.54. The number of hydrogen-bond donors (Lipinski definition) is 1. The average molecular weight is 450 g/mol. The van der Waals surface area contributed by atoms with Gasteiger partial charge in [-0.1, -0.05) is 41.9 Å². The maximum absolute atomic E-state index is 12.8. The van der Waals surface area contributed by atoms with Crippen LogP contribution < -0.4 is 5.32 Å². The van der Waals surface area contributed by atoms with Gasteiger partial charge in [-0.15, -0.1) is 0 Å². The van der Waals surface area contributed by atoms with E-state index in [-0.39, 0.29) is 11.8 Å². The van der Waals surface area contributed by atoms with Crippen LogP contribution >= 0.6 is 11.6 Å². The lowest BCUT2D eigenvalue weighted by Gasteiger charge is -2.30. The highest BCUT2D eigenvalue weighted by atomic mass is 35.5. The lowest BCUT2D eigenvalue weighted by Crippen LogP contribution is -2.40. The Balaban J connectivity index is 1.21. The van der Waals surface area contributed by atoms with Crippen molar-refractivity contribution in [2.45, 2.75) is 25.3 Å². The summed E-state index contributed by atoms with van der Waals surface area (Å²) in [6.07, 6.45) is 3.69. The molecule has 1 saturated heterocycles. The molecule has 1 aliphatic heterocycles. The van der Waals surface area contributed by atoms with Gasteiger partial charge >= 0.3 is 0 Å². The van der Waals surface area contributed by atoms with Crippen LogP contribution in [0.15, 0.2) is 65.2 Å². The SMILES string of the molecule is O=C(CN1CCCC(c2nc3ccccc3o2)C1)Nc1ccnn1Cc1ccccc1Cl. The zero-order chi connectivity index (χ0) is 21.9. The predicted octanol–water partition coefficient (Wildman–Crippen LogP) is 4.54. The minimum absolute atomic E-state index is 0.0656. The number of halogens is 1. The molecule has 0 radical (unpaired) electrons. The van der Waals surface area contributed by atoms with Crippen molar-refractivity contribution in [3.63, 3.8) is 0 Å². The second-order valence-electron chi connectivity index (χ2n) is 8.11. The van der Waals surface area contributed by atoms with Crippen LogP contribution in [-0.2, 0) is 11.3 Å². The first-order chi connectivity index (χ1) is 15.7. The zero-order valence-corrected chi connectivity index (χ0v) is 18.3. The van der Waals surface area contributed by atoms with Gasteiger partial charge in [0.15, 0.2) is 11.5 Å². The van der Waals surface area contributed by atoms with Gasteiger partial charge in [-0.2, -0.15) is 5.10 Å². The third-order valence-corrected chi connectivity index (χ3v) is 6.16. The number of hydrogen-bond acceptors (Lipinski definition) is 5. The zero-order valence-electron chi connectivity index (χ0n) is 17.6. The molecule has 164 valence electrons. The second kappa shape index (κ2) is 9.14. The number of piperidine rings is 1. The number of anilines is 1. The van der Waals surface area contributed by atoms with Crippen molar-refractivity contribution in [1.82, 2.24) is 19.7 Å². The maximum atomic E-state index is 12.8. The van der Waals surface area contributed by atoms with E-state index in [4.69, 9.17) is 16.0 Å². The molecule has 1 N–H and O–H groups in total. The van der Waals surface area contributed by atoms with Gasteiger partial charge in [0.05, 0.1) is 19.3 Å². The van der Waals surface area contributed by atoms with Gasteiger partial charge in [0.2, 0.25) is 5.91 Å². The molecule has 2 aromatic carbocycles. The van der Waals surface area contributed by atoms with Crippen LogP contribution in [-0.4, -0.2) is 45.2 Å². The fourth-order valence-corrected chi connectivity index (χ4v) is 4.40. The van der Waals surface area contributed by atoms with E-state index < -0.39 is 0 Å². The highest BCUT2D eigenvalue weighted by molar-refractivity contribution is 6.31. The van der Waals surface area contributed by atoms with E-state index >= 15 is 0 Å². The molecule has 1 amide bonds. The summed E-state index contributed by atoms with van der Waals surface area (Å²) in [6.45, 7) is 2.43. The van der Waals surface area contributed by atoms with Gasteiger partial charge in [0.25, 0.3) is 0 Å². The van der Waals surface area contributed by atoms with E-state index in [0.29, 0.717) is 23.9 Å². The quantitative estimate of drug-likeness (QED) is 0.467. The lowest BCUT2D eigenvalue weighted by atomic mass is 9.98. The first kappa shape index (κ1) is 20.7. The topological polar surface area (TPSA) is 76.2 Å². The van der Waals surface area contributed by atoms with Gasteiger partial charge in [-0.05, 0) is 43.1 Å². The van der Waals surface area contributed by atoms with E-state index in [0.717, 1.165) is 48.5 Å². The van der Waals surface area contributed by atoms with Crippen LogP contribution in [0, 0.1) is 0 Å². The largest absolute Gasteiger partial charge is 0.440 e. The van der Waals surface area contributed by atoms with Crippen molar-refractivity contribution in [3.05, 3.63) is 77.3 Å². The molecule has 1 aliphatic rings. The second-order valence-corrected chi connectivity index (χ2v) is 8.51. The van der Waals surface area contributed by atoms with Crippen molar-refractivity contribution < 1.29 is 9.21 Å². The molecule has 5 rings (SSSR count). The van der Waals surface area contributed by atoms with Gasteiger partial charge in [0.1, 0.15) is 11.3 Å². The number of para-hydroxylation sites is 2. The third-order valence-electron chi connectivity index (χ3n) is 5.79. The molecular weight excluding hydrogens is 426 g/mol. The molecule has 0 spiro atoms. The molecule has 0 aliphatic carbocycles. The van der Waals surface area contributed by atoms with E-state index in [1.807, 2.05) is 48.5 Å². The molecule has 2 aromatic heterocycles. The number of amides is 1. The number of benzene rings is 2. The molecule has 0 saturated carbocycles. The van der Waals surface area contributed by atoms with Crippen molar-refractivity contribution in [1.29, 1.82) is 0 Å². The first-order valence-corrected chi connectivity index (χ1v) is 11.2. The smallest absolute Gasteiger partial charge is 0.239 e. The number of carbonyl (C=O) groups excluding carboxylic acids is 1. The van der Waals surface area contributed by atoms with Crippen LogP contribution in [0.5, 0.6) is 0 Å². The molecule has 1 fully saturated rings. The van der Waals surface area contributed by atoms with Gasteiger partial charge in [-0.25, -0.2) is 9.67 Å². The van der Waals surface area contributed by atoms with Crippen molar-refractivity contribution in [2.24, 2.45) is 0 Å². The number of aromatic nitrogens is 3. The van der Waals surface area contributed by atoms with Crippen molar-refractivity contribution in [3.8, 4) is 0 Å². The molecular formula is C24H24ClN5O2. The molecule has 0 bridgehead atoms. The highest BCUT2D eigenvalue weighted by Gasteiger charge is 2.26. The summed E-state index contributed by atoms with van der Waals surface area (Å²) in [5, 5.41) is 8.00. The average Bonchev–Trinajstić information content (AvgIpc) is 3.42. The Labute approximate surface area is 191 Å². The monoisotopic (exact) mass is 449 g/mol. The summed E-state index contributed by atoms with van der Waals surface area (Å²) in [4.78, 5) is 19.6. The van der Waals surface area contributed by atoms with Gasteiger partial charge < -0.3 is 9.73 Å². The van der Waals surface area contributed by atoms with Crippen molar-refractivity contribution >= 4 is 34.4 Å². The summed E-state index contributed by atoms with van der Waals surface area (Å²) in [5.74, 6) is 1.54. The number of nitrogens with one attached hydrogen (secondary N) is 1. The lowest BCUT2D eigenvalue weighted by molar-refractivity contribution is -0.117. The molecule has 32 heavy (non-hydrogen) atoms. The number of likely N-dealkylation sites (tertiary alicyclic amines) is 1. The number of rotatable bonds is 6. The van der Waals surface area contributed by atoms with Crippen molar-refractivity contribution in [2.75, 3.05) is 25.0 Å². The van der Waals surface area contributed by atoms with E-state index in [2.05, 4.69) is 20.3 Å². The standard InChI is InChI=1S/C24H24ClN5O2/c25-19-8-2-1-6-17(19)15-30-22(11-12-26-30)28-23(31)16-29-13-5-7-18(14-29)24-27-20-9-3-4-10-21(20)32-24/h1-4,6,8-12,18H,5,7,13-16H2,(H,28,31). The minimum atomic E-state index is -0.0656. The molecule has 3 heterocycles. The van der Waals surface area contributed by atoms with Gasteiger partial charge in [0, 0.05) is 23.6 Å². The minimum Gasteiger partial charge on any atom is -0.440 e. The van der Waals surface area contributed by atoms with Crippen LogP contribution in [0.4, 0.5) is 5.82 Å². The Morgan fingerprint density at radius 3 is 2.88 bits per heavy atom. The summed E-state index contributed by atoms with van der Waals surface area (Å²) in [6, 6.07) is 17.2. The maximum Gasteiger partial charge on any atom is 0.239 e. The first-order valence-electron chi connectivity index (χ1n) is 10.8. The van der Waals surface area contributed by atoms with E-state index in [9.17, 15) is 4.79 Å². The molecule has 7 nitrogen and oxygen atoms in total. The fourth-order valence-electron chi connectivity index (χ4n) is 4.20. The molecule has 1 atom stereocenters. The molecule has 8 heteroatoms. The normalized spacial score (nSPS) is 17.0. The number of oxazole rings is 1. The number of nitrogens with zero attached hydrogens (tertiary/aromatic N) is 4. The summed E-state index contributed by atoms with van der Waals surface area (Å²) >= 11 is 6.27. The Morgan fingerprint density at radius 1 is 1.16 bits per heavy atom. The van der Waals surface area contributed by atoms with E-state index in [1.165, 1.54) is 0 Å². The highest BCUT2D eigenvalue weighted by Crippen LogP contribution is 2.29. The molecule has 1 unspecified atom stereocenters. The summed E-state index contributed by atoms with van der Waals surface area (Å²) in [7, 11) is 0. The van der Waals surface area contributed by atoms with Crippen LogP contribution in [0.2, 0.25) is 5.02 Å². The van der Waals surface area contributed by atoms with Crippen LogP contribution in [0.1, 0.15) is 30.2 Å². The summed E-state index contributed by atoms with van der Waals surface area (Å²) < 4.78 is 7.71. The van der Waals surface area contributed by atoms with E-state index in [1.54, 1.807) is 16.9 Å². The Bertz CT molecular complexity index is 1200. The van der Waals surface area contributed by atoms with Gasteiger partial charge in [-0.3, -0.25) is 9.69 Å². The predicted molar refractivity (Wildman–Crippen MR) is 124 cm³/mol. The van der Waals surface area contributed by atoms with Crippen LogP contribution in [0.25, 0.3) is 11.1 Å². The van der Waals surface area contributed by atoms with Crippen LogP contribution in [0.3, 0.4) is 0 Å². The number of fused-ring (bicyclic) bond motifs is 1. The Kier molecular flexibility index (Phi) is 5.92. The number of carbonyl (C=O) groups is 1. The fraction of sp³-hybridized carbons (Fsp3) is 0.292. The molecule has 4 aromatic rings. The Morgan fingerprint density at radius 2 is 2.00 bits per heavy atom. The Hall–Kier alpha value is -3.16. The summed E-state index contributed by atoms with van der Waals surface area (Å²) in [5.41, 5.74) is 2.64.